The van der Waals surface area contributed by atoms with Gasteiger partial charge in [0.1, 0.15) is 5.82 Å². The van der Waals surface area contributed by atoms with Gasteiger partial charge in [0.05, 0.1) is 4.47 Å². The van der Waals surface area contributed by atoms with Crippen LogP contribution in [0.4, 0.5) is 10.1 Å². The number of anilines is 1. The first-order valence-electron chi connectivity index (χ1n) is 8.05. The summed E-state index contributed by atoms with van der Waals surface area (Å²) in [5.74, 6) is 0.632. The molecule has 0 heterocycles. The van der Waals surface area contributed by atoms with Crippen molar-refractivity contribution >= 4 is 21.6 Å². The van der Waals surface area contributed by atoms with Crippen molar-refractivity contribution in [2.24, 2.45) is 11.3 Å². The van der Waals surface area contributed by atoms with Crippen LogP contribution in [-0.2, 0) is 0 Å². The van der Waals surface area contributed by atoms with E-state index in [1.165, 1.54) is 32.1 Å². The highest BCUT2D eigenvalue weighted by Gasteiger charge is 2.31. The van der Waals surface area contributed by atoms with Crippen LogP contribution < -0.4 is 5.32 Å². The summed E-state index contributed by atoms with van der Waals surface area (Å²) in [5.41, 5.74) is 2.48. The highest BCUT2D eigenvalue weighted by molar-refractivity contribution is 9.10. The number of aryl methyl sites for hydroxylation is 1. The first-order valence-corrected chi connectivity index (χ1v) is 8.85. The molecule has 3 heteroatoms. The smallest absolute Gasteiger partial charge is 0.139 e. The van der Waals surface area contributed by atoms with Crippen molar-refractivity contribution in [3.63, 3.8) is 0 Å². The fraction of sp³-hybridized carbons (Fsp3) is 0.667. The standard InChI is InChI=1S/C18H27BrFN/c1-5-18(3,4)13-6-8-14(9-7-13)21-17-11-16(20)15(19)10-12(17)2/h10-11,13-14,21H,5-9H2,1-4H3. The third-order valence-electron chi connectivity index (χ3n) is 5.37. The summed E-state index contributed by atoms with van der Waals surface area (Å²) >= 11 is 3.24. The summed E-state index contributed by atoms with van der Waals surface area (Å²) in [7, 11) is 0. The van der Waals surface area contributed by atoms with Gasteiger partial charge in [0.25, 0.3) is 0 Å². The van der Waals surface area contributed by atoms with Gasteiger partial charge in [-0.25, -0.2) is 4.39 Å². The van der Waals surface area contributed by atoms with Gasteiger partial charge in [-0.3, -0.25) is 0 Å². The van der Waals surface area contributed by atoms with Crippen LogP contribution in [0, 0.1) is 24.1 Å². The minimum Gasteiger partial charge on any atom is -0.382 e. The van der Waals surface area contributed by atoms with Crippen LogP contribution in [0.5, 0.6) is 0 Å². The lowest BCUT2D eigenvalue weighted by molar-refractivity contribution is 0.147. The molecule has 21 heavy (non-hydrogen) atoms. The molecule has 1 fully saturated rings. The Morgan fingerprint density at radius 2 is 1.86 bits per heavy atom. The summed E-state index contributed by atoms with van der Waals surface area (Å²) in [4.78, 5) is 0. The van der Waals surface area contributed by atoms with E-state index >= 15 is 0 Å². The van der Waals surface area contributed by atoms with Gasteiger partial charge in [0, 0.05) is 11.7 Å². The number of rotatable bonds is 4. The lowest BCUT2D eigenvalue weighted by Crippen LogP contribution is -2.32. The summed E-state index contributed by atoms with van der Waals surface area (Å²) in [5, 5.41) is 3.55. The monoisotopic (exact) mass is 355 g/mol. The zero-order valence-electron chi connectivity index (χ0n) is 13.6. The van der Waals surface area contributed by atoms with E-state index in [1.54, 1.807) is 6.07 Å². The molecular weight excluding hydrogens is 329 g/mol. The zero-order valence-corrected chi connectivity index (χ0v) is 15.2. The van der Waals surface area contributed by atoms with Crippen LogP contribution in [0.15, 0.2) is 16.6 Å². The average molecular weight is 356 g/mol. The maximum absolute atomic E-state index is 13.7. The molecule has 0 aliphatic heterocycles. The predicted molar refractivity (Wildman–Crippen MR) is 92.3 cm³/mol. The van der Waals surface area contributed by atoms with Crippen molar-refractivity contribution in [2.45, 2.75) is 65.8 Å². The van der Waals surface area contributed by atoms with Gasteiger partial charge in [0.15, 0.2) is 0 Å². The van der Waals surface area contributed by atoms with Crippen LogP contribution in [-0.4, -0.2) is 6.04 Å². The molecule has 0 unspecified atom stereocenters. The van der Waals surface area contributed by atoms with E-state index in [2.05, 4.69) is 42.0 Å². The van der Waals surface area contributed by atoms with Crippen molar-refractivity contribution < 1.29 is 4.39 Å². The molecule has 1 aliphatic rings. The molecule has 0 spiro atoms. The zero-order chi connectivity index (χ0) is 15.6. The second kappa shape index (κ2) is 6.68. The molecule has 0 radical (unpaired) electrons. The van der Waals surface area contributed by atoms with E-state index in [4.69, 9.17) is 0 Å². The molecule has 2 rings (SSSR count). The topological polar surface area (TPSA) is 12.0 Å². The van der Waals surface area contributed by atoms with Crippen LogP contribution in [0.25, 0.3) is 0 Å². The van der Waals surface area contributed by atoms with Crippen LogP contribution in [0.2, 0.25) is 0 Å². The van der Waals surface area contributed by atoms with Gasteiger partial charge in [-0.1, -0.05) is 27.2 Å². The first kappa shape index (κ1) is 16.8. The molecule has 1 N–H and O–H groups in total. The Kier molecular flexibility index (Phi) is 5.34. The molecule has 0 bridgehead atoms. The van der Waals surface area contributed by atoms with Crippen molar-refractivity contribution in [3.05, 3.63) is 28.0 Å². The van der Waals surface area contributed by atoms with Gasteiger partial charge in [-0.2, -0.15) is 0 Å². The lowest BCUT2D eigenvalue weighted by Gasteiger charge is -2.39. The maximum Gasteiger partial charge on any atom is 0.139 e. The number of halogens is 2. The van der Waals surface area contributed by atoms with Crippen molar-refractivity contribution in [2.75, 3.05) is 5.32 Å². The van der Waals surface area contributed by atoms with Crippen LogP contribution in [0.3, 0.4) is 0 Å². The van der Waals surface area contributed by atoms with Gasteiger partial charge < -0.3 is 5.32 Å². The van der Waals surface area contributed by atoms with E-state index in [9.17, 15) is 4.39 Å². The Labute approximate surface area is 136 Å². The van der Waals surface area contributed by atoms with Crippen LogP contribution in [0.1, 0.15) is 58.4 Å². The largest absolute Gasteiger partial charge is 0.382 e. The second-order valence-electron chi connectivity index (χ2n) is 7.12. The molecule has 0 atom stereocenters. The van der Waals surface area contributed by atoms with Gasteiger partial charge in [0.2, 0.25) is 0 Å². The molecule has 0 amide bonds. The molecule has 0 saturated heterocycles. The Hall–Kier alpha value is -0.570. The molecule has 1 aliphatic carbocycles. The average Bonchev–Trinajstić information content (AvgIpc) is 2.45. The predicted octanol–water partition coefficient (Wildman–Crippen LogP) is 6.30. The van der Waals surface area contributed by atoms with Crippen molar-refractivity contribution in [3.8, 4) is 0 Å². The maximum atomic E-state index is 13.7. The normalized spacial score (nSPS) is 23.1. The SMILES string of the molecule is CCC(C)(C)C1CCC(Nc2cc(F)c(Br)cc2C)CC1. The highest BCUT2D eigenvalue weighted by atomic mass is 79.9. The number of nitrogens with one attached hydrogen (secondary N) is 1. The summed E-state index contributed by atoms with van der Waals surface area (Å²) in [6.45, 7) is 9.09. The Bertz CT molecular complexity index is 490. The Morgan fingerprint density at radius 3 is 2.43 bits per heavy atom. The molecule has 118 valence electrons. The van der Waals surface area contributed by atoms with Gasteiger partial charge >= 0.3 is 0 Å². The van der Waals surface area contributed by atoms with E-state index in [-0.39, 0.29) is 5.82 Å². The van der Waals surface area contributed by atoms with Crippen molar-refractivity contribution in [1.82, 2.24) is 0 Å². The fourth-order valence-corrected chi connectivity index (χ4v) is 3.79. The molecule has 0 aromatic heterocycles. The molecule has 1 nitrogen and oxygen atoms in total. The molecule has 1 aromatic carbocycles. The van der Waals surface area contributed by atoms with Gasteiger partial charge in [-0.05, 0) is 77.6 Å². The number of hydrogen-bond donors (Lipinski definition) is 1. The minimum absolute atomic E-state index is 0.191. The summed E-state index contributed by atoms with van der Waals surface area (Å²) < 4.78 is 14.2. The third kappa shape index (κ3) is 4.00. The van der Waals surface area contributed by atoms with E-state index in [0.29, 0.717) is 15.9 Å². The third-order valence-corrected chi connectivity index (χ3v) is 5.98. The highest BCUT2D eigenvalue weighted by Crippen LogP contribution is 2.41. The Morgan fingerprint density at radius 1 is 1.24 bits per heavy atom. The number of benzene rings is 1. The molecule has 1 saturated carbocycles. The quantitative estimate of drug-likeness (QED) is 0.667. The van der Waals surface area contributed by atoms with Crippen molar-refractivity contribution in [1.29, 1.82) is 0 Å². The van der Waals surface area contributed by atoms with Crippen LogP contribution >= 0.6 is 15.9 Å². The van der Waals surface area contributed by atoms with E-state index < -0.39 is 0 Å². The Balaban J connectivity index is 1.97. The molecule has 1 aromatic rings. The number of hydrogen-bond acceptors (Lipinski definition) is 1. The summed E-state index contributed by atoms with van der Waals surface area (Å²) in [6, 6.07) is 3.94. The minimum atomic E-state index is -0.191. The first-order chi connectivity index (χ1) is 9.83. The van der Waals surface area contributed by atoms with E-state index in [0.717, 1.165) is 17.2 Å². The molecular formula is C18H27BrFN. The lowest BCUT2D eigenvalue weighted by atomic mass is 9.69. The van der Waals surface area contributed by atoms with E-state index in [1.807, 2.05) is 13.0 Å². The van der Waals surface area contributed by atoms with Gasteiger partial charge in [-0.15, -0.1) is 0 Å². The fourth-order valence-electron chi connectivity index (χ4n) is 3.33. The second-order valence-corrected chi connectivity index (χ2v) is 7.97. The summed E-state index contributed by atoms with van der Waals surface area (Å²) in [6.07, 6.45) is 6.16.